The van der Waals surface area contributed by atoms with E-state index in [9.17, 15) is 0 Å². The molecule has 0 saturated heterocycles. The van der Waals surface area contributed by atoms with Gasteiger partial charge in [0.05, 0.1) is 11.9 Å². The third-order valence-corrected chi connectivity index (χ3v) is 3.01. The van der Waals surface area contributed by atoms with Crippen molar-refractivity contribution in [3.05, 3.63) is 17.6 Å². The second-order valence-electron chi connectivity index (χ2n) is 5.61. The normalized spacial score (nSPS) is 11.7. The smallest absolute Gasteiger partial charge is 0.136 e. The molecular formula is C13H20N6. The average Bonchev–Trinajstić information content (AvgIpc) is 2.74. The molecule has 0 aromatic carbocycles. The first-order valence-corrected chi connectivity index (χ1v) is 6.26. The molecule has 0 fully saturated rings. The molecule has 6 nitrogen and oxygen atoms in total. The van der Waals surface area contributed by atoms with Crippen molar-refractivity contribution < 1.29 is 0 Å². The third-order valence-electron chi connectivity index (χ3n) is 3.01. The molecule has 0 atom stereocenters. The molecular weight excluding hydrogens is 240 g/mol. The van der Waals surface area contributed by atoms with Crippen LogP contribution >= 0.6 is 0 Å². The van der Waals surface area contributed by atoms with Crippen LogP contribution in [0.2, 0.25) is 0 Å². The Morgan fingerprint density at radius 1 is 1.21 bits per heavy atom. The first-order chi connectivity index (χ1) is 8.84. The van der Waals surface area contributed by atoms with E-state index in [0.717, 1.165) is 28.6 Å². The Bertz CT molecular complexity index is 594. The van der Waals surface area contributed by atoms with Gasteiger partial charge in [-0.05, 0) is 6.92 Å². The van der Waals surface area contributed by atoms with E-state index in [4.69, 9.17) is 4.98 Å². The quantitative estimate of drug-likeness (QED) is 0.893. The highest BCUT2D eigenvalue weighted by Gasteiger charge is 2.22. The topological polar surface area (TPSA) is 68.5 Å². The summed E-state index contributed by atoms with van der Waals surface area (Å²) in [6.07, 6.45) is 1.72. The summed E-state index contributed by atoms with van der Waals surface area (Å²) < 4.78 is 1.72. The van der Waals surface area contributed by atoms with Gasteiger partial charge in [0.1, 0.15) is 17.3 Å². The molecule has 0 aliphatic heterocycles. The average molecular weight is 260 g/mol. The first kappa shape index (κ1) is 13.5. The van der Waals surface area contributed by atoms with E-state index in [2.05, 4.69) is 41.4 Å². The van der Waals surface area contributed by atoms with Crippen LogP contribution < -0.4 is 5.32 Å². The van der Waals surface area contributed by atoms with Crippen LogP contribution in [0, 0.1) is 6.92 Å². The van der Waals surface area contributed by atoms with Gasteiger partial charge in [0, 0.05) is 25.1 Å². The largest absolute Gasteiger partial charge is 0.373 e. The van der Waals surface area contributed by atoms with Gasteiger partial charge >= 0.3 is 0 Å². The second-order valence-corrected chi connectivity index (χ2v) is 5.61. The molecule has 0 saturated carbocycles. The summed E-state index contributed by atoms with van der Waals surface area (Å²) in [6.45, 7) is 8.30. The SMILES string of the molecule is CNc1nc(C(C)(C)C)nc(-c2cnnn2C)c1C. The zero-order valence-corrected chi connectivity index (χ0v) is 12.3. The minimum absolute atomic E-state index is 0.111. The van der Waals surface area contributed by atoms with Crippen LogP contribution in [0.5, 0.6) is 0 Å². The van der Waals surface area contributed by atoms with Crippen LogP contribution in [-0.4, -0.2) is 32.0 Å². The van der Waals surface area contributed by atoms with E-state index < -0.39 is 0 Å². The molecule has 0 aliphatic carbocycles. The van der Waals surface area contributed by atoms with Crippen molar-refractivity contribution in [1.82, 2.24) is 25.0 Å². The van der Waals surface area contributed by atoms with Crippen molar-refractivity contribution in [3.8, 4) is 11.4 Å². The van der Waals surface area contributed by atoms with Gasteiger partial charge in [-0.25, -0.2) is 14.6 Å². The lowest BCUT2D eigenvalue weighted by Gasteiger charge is -2.20. The summed E-state index contributed by atoms with van der Waals surface area (Å²) in [4.78, 5) is 9.29. The number of nitrogens with one attached hydrogen (secondary N) is 1. The molecule has 6 heteroatoms. The van der Waals surface area contributed by atoms with Gasteiger partial charge in [-0.2, -0.15) is 0 Å². The van der Waals surface area contributed by atoms with Crippen LogP contribution in [0.3, 0.4) is 0 Å². The molecule has 2 aromatic rings. The number of aryl methyl sites for hydroxylation is 1. The lowest BCUT2D eigenvalue weighted by molar-refractivity contribution is 0.546. The molecule has 1 N–H and O–H groups in total. The van der Waals surface area contributed by atoms with Gasteiger partial charge in [-0.3, -0.25) is 0 Å². The standard InChI is InChI=1S/C13H20N6/c1-8-10(9-7-15-18-19(9)6)16-12(13(2,3)4)17-11(8)14-5/h7H,1-6H3,(H,14,16,17). The molecule has 2 aromatic heterocycles. The van der Waals surface area contributed by atoms with Crippen molar-refractivity contribution in [3.63, 3.8) is 0 Å². The number of nitrogens with zero attached hydrogens (tertiary/aromatic N) is 5. The lowest BCUT2D eigenvalue weighted by Crippen LogP contribution is -2.18. The molecule has 2 heterocycles. The summed E-state index contributed by atoms with van der Waals surface area (Å²) in [5.74, 6) is 1.65. The van der Waals surface area contributed by atoms with Gasteiger partial charge in [-0.15, -0.1) is 5.10 Å². The van der Waals surface area contributed by atoms with Gasteiger partial charge in [0.25, 0.3) is 0 Å². The fourth-order valence-electron chi connectivity index (χ4n) is 1.85. The van der Waals surface area contributed by atoms with Gasteiger partial charge < -0.3 is 5.32 Å². The molecule has 0 amide bonds. The minimum Gasteiger partial charge on any atom is -0.373 e. The number of hydrogen-bond acceptors (Lipinski definition) is 5. The molecule has 102 valence electrons. The zero-order valence-electron chi connectivity index (χ0n) is 12.3. The number of rotatable bonds is 2. The molecule has 19 heavy (non-hydrogen) atoms. The number of aromatic nitrogens is 5. The fourth-order valence-corrected chi connectivity index (χ4v) is 1.85. The Balaban J connectivity index is 2.70. The maximum Gasteiger partial charge on any atom is 0.136 e. The Hall–Kier alpha value is -1.98. The summed E-state index contributed by atoms with van der Waals surface area (Å²) in [7, 11) is 3.73. The molecule has 2 rings (SSSR count). The second kappa shape index (κ2) is 4.60. The zero-order chi connectivity index (χ0) is 14.2. The predicted octanol–water partition coefficient (Wildman–Crippen LogP) is 1.92. The van der Waals surface area contributed by atoms with Crippen LogP contribution in [0.15, 0.2) is 6.20 Å². The van der Waals surface area contributed by atoms with Crippen molar-refractivity contribution in [2.24, 2.45) is 7.05 Å². The summed E-state index contributed by atoms with van der Waals surface area (Å²) in [5.41, 5.74) is 2.65. The van der Waals surface area contributed by atoms with Crippen LogP contribution in [0.25, 0.3) is 11.4 Å². The van der Waals surface area contributed by atoms with Crippen LogP contribution in [0.1, 0.15) is 32.2 Å². The van der Waals surface area contributed by atoms with E-state index in [1.54, 1.807) is 10.9 Å². The third kappa shape index (κ3) is 2.43. The highest BCUT2D eigenvalue weighted by molar-refractivity contribution is 5.64. The van der Waals surface area contributed by atoms with E-state index in [1.807, 2.05) is 21.0 Å². The Kier molecular flexibility index (Phi) is 3.26. The van der Waals surface area contributed by atoms with Crippen LogP contribution in [0.4, 0.5) is 5.82 Å². The van der Waals surface area contributed by atoms with Crippen LogP contribution in [-0.2, 0) is 12.5 Å². The molecule has 0 unspecified atom stereocenters. The van der Waals surface area contributed by atoms with Crippen molar-refractivity contribution in [2.75, 3.05) is 12.4 Å². The fraction of sp³-hybridized carbons (Fsp3) is 0.538. The van der Waals surface area contributed by atoms with Crippen molar-refractivity contribution in [2.45, 2.75) is 33.1 Å². The maximum absolute atomic E-state index is 4.70. The highest BCUT2D eigenvalue weighted by Crippen LogP contribution is 2.28. The highest BCUT2D eigenvalue weighted by atomic mass is 15.4. The summed E-state index contributed by atoms with van der Waals surface area (Å²) in [5, 5.41) is 11.0. The van der Waals surface area contributed by atoms with Gasteiger partial charge in [-0.1, -0.05) is 26.0 Å². The Morgan fingerprint density at radius 3 is 2.37 bits per heavy atom. The maximum atomic E-state index is 4.70. The number of anilines is 1. The van der Waals surface area contributed by atoms with Crippen molar-refractivity contribution >= 4 is 5.82 Å². The first-order valence-electron chi connectivity index (χ1n) is 6.26. The molecule has 0 spiro atoms. The Labute approximate surface area is 113 Å². The lowest BCUT2D eigenvalue weighted by atomic mass is 9.95. The number of hydrogen-bond donors (Lipinski definition) is 1. The Morgan fingerprint density at radius 2 is 1.89 bits per heavy atom. The van der Waals surface area contributed by atoms with E-state index in [0.29, 0.717) is 0 Å². The van der Waals surface area contributed by atoms with Gasteiger partial charge in [0.15, 0.2) is 0 Å². The van der Waals surface area contributed by atoms with E-state index in [-0.39, 0.29) is 5.41 Å². The summed E-state index contributed by atoms with van der Waals surface area (Å²) >= 11 is 0. The summed E-state index contributed by atoms with van der Waals surface area (Å²) in [6, 6.07) is 0. The van der Waals surface area contributed by atoms with E-state index in [1.165, 1.54) is 0 Å². The van der Waals surface area contributed by atoms with Crippen molar-refractivity contribution in [1.29, 1.82) is 0 Å². The predicted molar refractivity (Wildman–Crippen MR) is 75.0 cm³/mol. The minimum atomic E-state index is -0.111. The molecule has 0 aliphatic rings. The molecule has 0 radical (unpaired) electrons. The monoisotopic (exact) mass is 260 g/mol. The van der Waals surface area contributed by atoms with Gasteiger partial charge in [0.2, 0.25) is 0 Å². The molecule has 0 bridgehead atoms. The van der Waals surface area contributed by atoms with E-state index >= 15 is 0 Å².